The molecule has 0 aliphatic rings. The zero-order valence-corrected chi connectivity index (χ0v) is 10.8. The number of aromatic nitrogens is 2. The Morgan fingerprint density at radius 1 is 1.56 bits per heavy atom. The largest absolute Gasteiger partial charge is 0.251 e. The van der Waals surface area contributed by atoms with E-state index in [9.17, 15) is 8.42 Å². The van der Waals surface area contributed by atoms with E-state index in [0.29, 0.717) is 0 Å². The minimum atomic E-state index is -3.48. The summed E-state index contributed by atoms with van der Waals surface area (Å²) in [6.07, 6.45) is 1.37. The highest BCUT2D eigenvalue weighted by atomic mass is 35.5. The molecule has 8 heteroatoms. The topological polar surface area (TPSA) is 72.0 Å². The van der Waals surface area contributed by atoms with Gasteiger partial charge in [-0.2, -0.15) is 0 Å². The molecule has 0 aromatic carbocycles. The third kappa shape index (κ3) is 4.51. The average Bonchev–Trinajstić information content (AvgIpc) is 2.15. The van der Waals surface area contributed by atoms with Gasteiger partial charge in [0.2, 0.25) is 16.0 Å². The van der Waals surface area contributed by atoms with Crippen LogP contribution in [0.2, 0.25) is 5.15 Å². The molecule has 0 amide bonds. The van der Waals surface area contributed by atoms with Gasteiger partial charge >= 0.3 is 0 Å². The third-order valence-electron chi connectivity index (χ3n) is 1.64. The molecule has 0 fully saturated rings. The lowest BCUT2D eigenvalue weighted by Crippen LogP contribution is -2.23. The van der Waals surface area contributed by atoms with Gasteiger partial charge in [-0.15, -0.1) is 11.6 Å². The Hall–Kier alpha value is -0.590. The van der Waals surface area contributed by atoms with Gasteiger partial charge in [0.05, 0.1) is 5.75 Å². The van der Waals surface area contributed by atoms with Crippen LogP contribution >= 0.6 is 23.2 Å². The summed E-state index contributed by atoms with van der Waals surface area (Å²) in [6, 6.07) is 1.46. The maximum atomic E-state index is 11.6. The number of halogens is 2. The number of anilines is 1. The second-order valence-electron chi connectivity index (χ2n) is 3.35. The molecule has 0 aliphatic carbocycles. The van der Waals surface area contributed by atoms with Gasteiger partial charge in [0, 0.05) is 12.1 Å². The number of nitrogens with one attached hydrogen (secondary N) is 1. The van der Waals surface area contributed by atoms with Gasteiger partial charge in [0.25, 0.3) is 0 Å². The molecule has 0 aliphatic heterocycles. The standard InChI is InChI=1S/C8H11Cl2N3O2S/c1-6(4-9)5-16(14,15)13-8-11-3-2-7(10)12-8/h2-3,6H,4-5H2,1H3,(H,11,12,13). The Balaban J connectivity index is 2.73. The predicted molar refractivity (Wildman–Crippen MR) is 64.3 cm³/mol. The Labute approximate surface area is 104 Å². The normalized spacial score (nSPS) is 13.4. The number of nitrogens with zero attached hydrogens (tertiary/aromatic N) is 2. The van der Waals surface area contributed by atoms with Crippen molar-refractivity contribution < 1.29 is 8.42 Å². The minimum absolute atomic E-state index is 0.0331. The fourth-order valence-corrected chi connectivity index (χ4v) is 2.69. The minimum Gasteiger partial charge on any atom is -0.251 e. The highest BCUT2D eigenvalue weighted by Crippen LogP contribution is 2.09. The lowest BCUT2D eigenvalue weighted by Gasteiger charge is -2.09. The summed E-state index contributed by atoms with van der Waals surface area (Å²) < 4.78 is 25.4. The SMILES string of the molecule is CC(CCl)CS(=O)(=O)Nc1nccc(Cl)n1. The molecule has 1 aromatic heterocycles. The lowest BCUT2D eigenvalue weighted by atomic mass is 10.3. The maximum absolute atomic E-state index is 11.6. The van der Waals surface area contributed by atoms with Crippen molar-refractivity contribution in [3.63, 3.8) is 0 Å². The fraction of sp³-hybridized carbons (Fsp3) is 0.500. The van der Waals surface area contributed by atoms with Crippen LogP contribution in [0.5, 0.6) is 0 Å². The Morgan fingerprint density at radius 2 is 2.25 bits per heavy atom. The monoisotopic (exact) mass is 283 g/mol. The smallest absolute Gasteiger partial charge is 0.237 e. The second kappa shape index (κ2) is 5.65. The molecular formula is C8H11Cl2N3O2S. The van der Waals surface area contributed by atoms with E-state index < -0.39 is 10.0 Å². The number of hydrogen-bond donors (Lipinski definition) is 1. The van der Waals surface area contributed by atoms with Crippen molar-refractivity contribution in [3.05, 3.63) is 17.4 Å². The molecule has 0 radical (unpaired) electrons. The summed E-state index contributed by atoms with van der Waals surface area (Å²) in [5, 5.41) is 0.179. The quantitative estimate of drug-likeness (QED) is 0.660. The van der Waals surface area contributed by atoms with E-state index in [4.69, 9.17) is 23.2 Å². The Kier molecular flexibility index (Phi) is 4.76. The molecule has 1 aromatic rings. The first-order valence-electron chi connectivity index (χ1n) is 4.48. The van der Waals surface area contributed by atoms with E-state index in [1.165, 1.54) is 12.3 Å². The van der Waals surface area contributed by atoms with Crippen molar-refractivity contribution in [2.24, 2.45) is 5.92 Å². The van der Waals surface area contributed by atoms with Gasteiger partial charge in [-0.05, 0) is 12.0 Å². The lowest BCUT2D eigenvalue weighted by molar-refractivity contribution is 0.588. The van der Waals surface area contributed by atoms with Crippen LogP contribution in [0.3, 0.4) is 0 Å². The highest BCUT2D eigenvalue weighted by molar-refractivity contribution is 7.92. The molecular weight excluding hydrogens is 273 g/mol. The van der Waals surface area contributed by atoms with Crippen LogP contribution in [0.25, 0.3) is 0 Å². The van der Waals surface area contributed by atoms with Gasteiger partial charge in [-0.1, -0.05) is 18.5 Å². The number of hydrogen-bond acceptors (Lipinski definition) is 4. The highest BCUT2D eigenvalue weighted by Gasteiger charge is 2.16. The summed E-state index contributed by atoms with van der Waals surface area (Å²) in [5.74, 6) is 0.0246. The zero-order chi connectivity index (χ0) is 12.2. The van der Waals surface area contributed by atoms with Crippen molar-refractivity contribution in [2.75, 3.05) is 16.4 Å². The molecule has 0 spiro atoms. The van der Waals surface area contributed by atoms with Gasteiger partial charge in [-0.25, -0.2) is 18.4 Å². The van der Waals surface area contributed by atoms with Gasteiger partial charge in [-0.3, -0.25) is 4.72 Å². The first-order valence-corrected chi connectivity index (χ1v) is 7.04. The van der Waals surface area contributed by atoms with Gasteiger partial charge < -0.3 is 0 Å². The number of alkyl halides is 1. The number of sulfonamides is 1. The number of rotatable bonds is 5. The fourth-order valence-electron chi connectivity index (χ4n) is 0.986. The summed E-state index contributed by atoms with van der Waals surface area (Å²) in [7, 11) is -3.48. The van der Waals surface area contributed by atoms with Crippen molar-refractivity contribution in [1.29, 1.82) is 0 Å². The van der Waals surface area contributed by atoms with Crippen molar-refractivity contribution >= 4 is 39.2 Å². The first kappa shape index (κ1) is 13.5. The van der Waals surface area contributed by atoms with E-state index >= 15 is 0 Å². The Morgan fingerprint density at radius 3 is 2.81 bits per heavy atom. The van der Waals surface area contributed by atoms with Crippen LogP contribution in [0.15, 0.2) is 12.3 Å². The first-order chi connectivity index (χ1) is 7.43. The summed E-state index contributed by atoms with van der Waals surface area (Å²) in [5.41, 5.74) is 0. The van der Waals surface area contributed by atoms with Crippen molar-refractivity contribution in [1.82, 2.24) is 9.97 Å². The molecule has 5 nitrogen and oxygen atoms in total. The zero-order valence-electron chi connectivity index (χ0n) is 8.52. The van der Waals surface area contributed by atoms with E-state index in [-0.39, 0.29) is 28.7 Å². The molecule has 0 saturated heterocycles. The molecule has 1 N–H and O–H groups in total. The Bertz CT molecular complexity index is 452. The van der Waals surface area contributed by atoms with Gasteiger partial charge in [0.1, 0.15) is 5.15 Å². The van der Waals surface area contributed by atoms with Crippen LogP contribution in [-0.4, -0.2) is 30.0 Å². The van der Waals surface area contributed by atoms with E-state index in [1.807, 2.05) is 0 Å². The molecule has 16 heavy (non-hydrogen) atoms. The van der Waals surface area contributed by atoms with Crippen LogP contribution in [-0.2, 0) is 10.0 Å². The molecule has 1 heterocycles. The summed E-state index contributed by atoms with van der Waals surface area (Å²) in [6.45, 7) is 1.74. The predicted octanol–water partition coefficient (Wildman–Crippen LogP) is 1.75. The molecule has 1 rings (SSSR count). The molecule has 1 atom stereocenters. The van der Waals surface area contributed by atoms with Crippen LogP contribution in [0, 0.1) is 5.92 Å². The molecule has 0 saturated carbocycles. The van der Waals surface area contributed by atoms with Crippen LogP contribution < -0.4 is 4.72 Å². The van der Waals surface area contributed by atoms with Gasteiger partial charge in [0.15, 0.2) is 0 Å². The van der Waals surface area contributed by atoms with Crippen LogP contribution in [0.1, 0.15) is 6.92 Å². The van der Waals surface area contributed by atoms with Crippen molar-refractivity contribution in [3.8, 4) is 0 Å². The molecule has 0 bridgehead atoms. The molecule has 90 valence electrons. The van der Waals surface area contributed by atoms with E-state index in [2.05, 4.69) is 14.7 Å². The maximum Gasteiger partial charge on any atom is 0.237 e. The van der Waals surface area contributed by atoms with Crippen molar-refractivity contribution in [2.45, 2.75) is 6.92 Å². The second-order valence-corrected chi connectivity index (χ2v) is 5.81. The van der Waals surface area contributed by atoms with E-state index in [0.717, 1.165) is 0 Å². The third-order valence-corrected chi connectivity index (χ3v) is 3.87. The molecule has 1 unspecified atom stereocenters. The van der Waals surface area contributed by atoms with E-state index in [1.54, 1.807) is 6.92 Å². The summed E-state index contributed by atoms with van der Waals surface area (Å²) in [4.78, 5) is 7.46. The van der Waals surface area contributed by atoms with Crippen LogP contribution in [0.4, 0.5) is 5.95 Å². The average molecular weight is 284 g/mol. The summed E-state index contributed by atoms with van der Waals surface area (Å²) >= 11 is 11.1.